The number of ether oxygens (including phenoxy) is 1. The molecule has 0 aliphatic heterocycles. The fourth-order valence-corrected chi connectivity index (χ4v) is 2.16. The van der Waals surface area contributed by atoms with Crippen LogP contribution in [0.15, 0.2) is 18.2 Å². The molecule has 0 bridgehead atoms. The topological polar surface area (TPSA) is 48.1 Å². The molecule has 0 radical (unpaired) electrons. The summed E-state index contributed by atoms with van der Waals surface area (Å²) < 4.78 is 6.66. The quantitative estimate of drug-likeness (QED) is 0.838. The predicted octanol–water partition coefficient (Wildman–Crippen LogP) is 1.94. The molecule has 2 N–H and O–H groups in total. The van der Waals surface area contributed by atoms with Crippen LogP contribution in [-0.4, -0.2) is 18.1 Å². The summed E-state index contributed by atoms with van der Waals surface area (Å²) in [5.74, 6) is 0.831. The Morgan fingerprint density at radius 2 is 2.36 bits per heavy atom. The van der Waals surface area contributed by atoms with E-state index in [0.29, 0.717) is 13.2 Å². The number of hydrogen-bond acceptors (Lipinski definition) is 4. The van der Waals surface area contributed by atoms with E-state index in [1.54, 1.807) is 11.3 Å². The summed E-state index contributed by atoms with van der Waals surface area (Å²) in [5.41, 5.74) is 6.33. The third-order valence-corrected chi connectivity index (χ3v) is 2.80. The summed E-state index contributed by atoms with van der Waals surface area (Å²) in [5, 5.41) is 1.06. The molecule has 3 nitrogen and oxygen atoms in total. The Balaban J connectivity index is 2.42. The zero-order valence-electron chi connectivity index (χ0n) is 7.99. The van der Waals surface area contributed by atoms with Gasteiger partial charge in [-0.05, 0) is 19.1 Å². The van der Waals surface area contributed by atoms with Crippen LogP contribution >= 0.6 is 11.3 Å². The van der Waals surface area contributed by atoms with E-state index in [1.807, 2.05) is 19.1 Å². The first kappa shape index (κ1) is 9.43. The number of fused-ring (bicyclic) bond motifs is 1. The second kappa shape index (κ2) is 3.94. The van der Waals surface area contributed by atoms with Gasteiger partial charge in [-0.15, -0.1) is 11.3 Å². The van der Waals surface area contributed by atoms with Crippen molar-refractivity contribution >= 4 is 21.6 Å². The van der Waals surface area contributed by atoms with Crippen LogP contribution in [0.4, 0.5) is 0 Å². The molecular weight excluding hydrogens is 196 g/mol. The van der Waals surface area contributed by atoms with Crippen molar-refractivity contribution in [2.24, 2.45) is 5.73 Å². The lowest BCUT2D eigenvalue weighted by Gasteiger charge is -2.03. The van der Waals surface area contributed by atoms with Gasteiger partial charge >= 0.3 is 0 Å². The van der Waals surface area contributed by atoms with E-state index in [1.165, 1.54) is 0 Å². The molecule has 0 saturated carbocycles. The highest BCUT2D eigenvalue weighted by Crippen LogP contribution is 2.29. The maximum absolute atomic E-state index is 5.50. The zero-order chi connectivity index (χ0) is 9.97. The van der Waals surface area contributed by atoms with Gasteiger partial charge in [-0.3, -0.25) is 0 Å². The van der Waals surface area contributed by atoms with Crippen molar-refractivity contribution in [3.8, 4) is 5.75 Å². The number of benzene rings is 1. The summed E-state index contributed by atoms with van der Waals surface area (Å²) >= 11 is 1.68. The smallest absolute Gasteiger partial charge is 0.146 e. The molecule has 2 rings (SSSR count). The molecule has 0 saturated heterocycles. The zero-order valence-corrected chi connectivity index (χ0v) is 8.80. The number of rotatable bonds is 3. The van der Waals surface area contributed by atoms with Crippen LogP contribution in [0.3, 0.4) is 0 Å². The van der Waals surface area contributed by atoms with E-state index in [2.05, 4.69) is 11.1 Å². The number of para-hydroxylation sites is 1. The largest absolute Gasteiger partial charge is 0.490 e. The van der Waals surface area contributed by atoms with Crippen molar-refractivity contribution in [2.45, 2.75) is 6.92 Å². The molecule has 0 aliphatic carbocycles. The number of nitrogens with zero attached hydrogens (tertiary/aromatic N) is 1. The molecular formula is C10H12N2OS. The lowest BCUT2D eigenvalue weighted by atomic mass is 10.3. The average molecular weight is 208 g/mol. The number of nitrogens with two attached hydrogens (primary N) is 1. The first-order valence-electron chi connectivity index (χ1n) is 4.50. The van der Waals surface area contributed by atoms with Gasteiger partial charge in [0, 0.05) is 6.54 Å². The molecule has 1 heterocycles. The molecule has 0 amide bonds. The molecule has 0 fully saturated rings. The Bertz CT molecular complexity index is 439. The van der Waals surface area contributed by atoms with Gasteiger partial charge in [-0.25, -0.2) is 4.98 Å². The van der Waals surface area contributed by atoms with Gasteiger partial charge in [-0.1, -0.05) is 6.07 Å². The number of aryl methyl sites for hydroxylation is 1. The van der Waals surface area contributed by atoms with Crippen LogP contribution in [0.2, 0.25) is 0 Å². The molecule has 2 aromatic rings. The van der Waals surface area contributed by atoms with Crippen molar-refractivity contribution in [3.05, 3.63) is 23.2 Å². The van der Waals surface area contributed by atoms with Gasteiger partial charge in [0.25, 0.3) is 0 Å². The van der Waals surface area contributed by atoms with E-state index in [9.17, 15) is 0 Å². The Morgan fingerprint density at radius 1 is 1.50 bits per heavy atom. The average Bonchev–Trinajstić information content (AvgIpc) is 2.55. The summed E-state index contributed by atoms with van der Waals surface area (Å²) in [6, 6.07) is 5.96. The molecule has 1 aromatic heterocycles. The Morgan fingerprint density at radius 3 is 3.14 bits per heavy atom. The highest BCUT2D eigenvalue weighted by molar-refractivity contribution is 7.18. The van der Waals surface area contributed by atoms with Crippen molar-refractivity contribution < 1.29 is 4.74 Å². The second-order valence-electron chi connectivity index (χ2n) is 2.97. The first-order chi connectivity index (χ1) is 6.81. The van der Waals surface area contributed by atoms with Crippen LogP contribution in [0.25, 0.3) is 10.2 Å². The van der Waals surface area contributed by atoms with Crippen LogP contribution in [-0.2, 0) is 0 Å². The number of hydrogen-bond donors (Lipinski definition) is 1. The van der Waals surface area contributed by atoms with Gasteiger partial charge in [0.05, 0.1) is 9.71 Å². The minimum atomic E-state index is 0.527. The Hall–Kier alpha value is -1.13. The van der Waals surface area contributed by atoms with Crippen LogP contribution in [0, 0.1) is 6.92 Å². The standard InChI is InChI=1S/C10H12N2OS/c1-7-12-10-8(13-6-5-11)3-2-4-9(10)14-7/h2-4H,5-6,11H2,1H3. The number of thiazole rings is 1. The maximum atomic E-state index is 5.50. The second-order valence-corrected chi connectivity index (χ2v) is 4.21. The lowest BCUT2D eigenvalue weighted by Crippen LogP contribution is -2.10. The highest BCUT2D eigenvalue weighted by atomic mass is 32.1. The van der Waals surface area contributed by atoms with Gasteiger partial charge in [0.2, 0.25) is 0 Å². The van der Waals surface area contributed by atoms with E-state index >= 15 is 0 Å². The third-order valence-electron chi connectivity index (χ3n) is 1.86. The van der Waals surface area contributed by atoms with Crippen LogP contribution in [0.1, 0.15) is 5.01 Å². The summed E-state index contributed by atoms with van der Waals surface area (Å²) in [6.07, 6.45) is 0. The van der Waals surface area contributed by atoms with Crippen LogP contribution < -0.4 is 10.5 Å². The molecule has 74 valence electrons. The lowest BCUT2D eigenvalue weighted by molar-refractivity contribution is 0.331. The Kier molecular flexibility index (Phi) is 2.65. The SMILES string of the molecule is Cc1nc2c(OCCN)cccc2s1. The van der Waals surface area contributed by atoms with Crippen molar-refractivity contribution in [2.75, 3.05) is 13.2 Å². The fraction of sp³-hybridized carbons (Fsp3) is 0.300. The van der Waals surface area contributed by atoms with Gasteiger partial charge in [0.15, 0.2) is 0 Å². The van der Waals surface area contributed by atoms with Crippen molar-refractivity contribution in [1.82, 2.24) is 4.98 Å². The summed E-state index contributed by atoms with van der Waals surface area (Å²) in [4.78, 5) is 4.42. The van der Waals surface area contributed by atoms with Crippen molar-refractivity contribution in [1.29, 1.82) is 0 Å². The monoisotopic (exact) mass is 208 g/mol. The summed E-state index contributed by atoms with van der Waals surface area (Å²) in [6.45, 7) is 3.06. The number of aromatic nitrogens is 1. The molecule has 0 atom stereocenters. The third kappa shape index (κ3) is 1.71. The molecule has 4 heteroatoms. The molecule has 0 unspecified atom stereocenters. The molecule has 0 aliphatic rings. The highest BCUT2D eigenvalue weighted by Gasteiger charge is 2.05. The minimum Gasteiger partial charge on any atom is -0.490 e. The van der Waals surface area contributed by atoms with Gasteiger partial charge in [-0.2, -0.15) is 0 Å². The Labute approximate surface area is 86.5 Å². The molecule has 14 heavy (non-hydrogen) atoms. The first-order valence-corrected chi connectivity index (χ1v) is 5.32. The maximum Gasteiger partial charge on any atom is 0.146 e. The molecule has 0 spiro atoms. The minimum absolute atomic E-state index is 0.527. The summed E-state index contributed by atoms with van der Waals surface area (Å²) in [7, 11) is 0. The fourth-order valence-electron chi connectivity index (χ4n) is 1.32. The van der Waals surface area contributed by atoms with Crippen molar-refractivity contribution in [3.63, 3.8) is 0 Å². The normalized spacial score (nSPS) is 10.7. The van der Waals surface area contributed by atoms with E-state index in [-0.39, 0.29) is 0 Å². The van der Waals surface area contributed by atoms with E-state index in [4.69, 9.17) is 10.5 Å². The van der Waals surface area contributed by atoms with Crippen LogP contribution in [0.5, 0.6) is 5.75 Å². The molecule has 1 aromatic carbocycles. The predicted molar refractivity (Wildman–Crippen MR) is 58.9 cm³/mol. The van der Waals surface area contributed by atoms with Gasteiger partial charge < -0.3 is 10.5 Å². The van der Waals surface area contributed by atoms with E-state index < -0.39 is 0 Å². The van der Waals surface area contributed by atoms with Gasteiger partial charge in [0.1, 0.15) is 17.9 Å². The van der Waals surface area contributed by atoms with E-state index in [0.717, 1.165) is 21.0 Å².